The second-order valence-electron chi connectivity index (χ2n) is 2.29. The summed E-state index contributed by atoms with van der Waals surface area (Å²) >= 11 is 1.70. The van der Waals surface area contributed by atoms with Gasteiger partial charge in [0.15, 0.2) is 0 Å². The van der Waals surface area contributed by atoms with Gasteiger partial charge in [0.1, 0.15) is 12.4 Å². The van der Waals surface area contributed by atoms with Crippen molar-refractivity contribution in [1.82, 2.24) is 5.32 Å². The average molecular weight is 192 g/mol. The van der Waals surface area contributed by atoms with Gasteiger partial charge in [0.25, 0.3) is 0 Å². The minimum Gasteiger partial charge on any atom is -0.491 e. The molecule has 1 aliphatic heterocycles. The number of halogens is 1. The second kappa shape index (κ2) is 3.95. The lowest BCUT2D eigenvalue weighted by Gasteiger charge is -1.97. The lowest BCUT2D eigenvalue weighted by Crippen LogP contribution is -2.16. The van der Waals surface area contributed by atoms with Crippen LogP contribution in [0, 0.1) is 0 Å². The van der Waals surface area contributed by atoms with Gasteiger partial charge in [0, 0.05) is 24.0 Å². The van der Waals surface area contributed by atoms with Gasteiger partial charge in [-0.25, -0.2) is 0 Å². The molecule has 0 amide bonds. The maximum absolute atomic E-state index is 5.44. The van der Waals surface area contributed by atoms with Crippen molar-refractivity contribution in [3.63, 3.8) is 0 Å². The second-order valence-corrected chi connectivity index (χ2v) is 3.03. The van der Waals surface area contributed by atoms with Gasteiger partial charge in [-0.1, -0.05) is 0 Å². The van der Waals surface area contributed by atoms with Gasteiger partial charge in [-0.05, 0) is 5.38 Å². The first kappa shape index (κ1) is 8.84. The Labute approximate surface area is 76.0 Å². The smallest absolute Gasteiger partial charge is 0.134 e. The molecule has 4 heteroatoms. The summed E-state index contributed by atoms with van der Waals surface area (Å²) in [4.78, 5) is 0. The van der Waals surface area contributed by atoms with Crippen molar-refractivity contribution in [1.29, 1.82) is 0 Å². The summed E-state index contributed by atoms with van der Waals surface area (Å²) in [6.45, 7) is 2.71. The third-order valence-electron chi connectivity index (χ3n) is 1.55. The molecular weight excluding hydrogens is 182 g/mol. The van der Waals surface area contributed by atoms with Crippen LogP contribution in [0.1, 0.15) is 5.56 Å². The number of fused-ring (bicyclic) bond motifs is 1. The zero-order valence-electron chi connectivity index (χ0n) is 6.00. The van der Waals surface area contributed by atoms with Gasteiger partial charge < -0.3 is 10.1 Å². The van der Waals surface area contributed by atoms with Crippen molar-refractivity contribution >= 4 is 23.7 Å². The third-order valence-corrected chi connectivity index (χ3v) is 2.32. The lowest BCUT2D eigenvalue weighted by molar-refractivity contribution is 0.327. The Balaban J connectivity index is 0.000000605. The Kier molecular flexibility index (Phi) is 3.17. The Morgan fingerprint density at radius 2 is 2.36 bits per heavy atom. The van der Waals surface area contributed by atoms with E-state index in [2.05, 4.69) is 16.1 Å². The normalized spacial score (nSPS) is 15.6. The van der Waals surface area contributed by atoms with Crippen LogP contribution in [0.4, 0.5) is 0 Å². The highest BCUT2D eigenvalue weighted by molar-refractivity contribution is 7.08. The number of rotatable bonds is 0. The summed E-state index contributed by atoms with van der Waals surface area (Å²) in [5.74, 6) is 1.06. The predicted octanol–water partition coefficient (Wildman–Crippen LogP) is 1.65. The first-order valence-electron chi connectivity index (χ1n) is 3.35. The van der Waals surface area contributed by atoms with E-state index in [0.29, 0.717) is 0 Å². The molecule has 0 fully saturated rings. The highest BCUT2D eigenvalue weighted by atomic mass is 35.5. The van der Waals surface area contributed by atoms with E-state index < -0.39 is 0 Å². The van der Waals surface area contributed by atoms with Crippen LogP contribution in [0.3, 0.4) is 0 Å². The van der Waals surface area contributed by atoms with Crippen molar-refractivity contribution in [3.05, 3.63) is 16.3 Å². The maximum atomic E-state index is 5.44. The van der Waals surface area contributed by atoms with Crippen molar-refractivity contribution in [2.45, 2.75) is 6.54 Å². The quantitative estimate of drug-likeness (QED) is 0.674. The molecule has 0 radical (unpaired) electrons. The number of thiophene rings is 1. The molecule has 0 aromatic carbocycles. The number of ether oxygens (including phenoxy) is 1. The average Bonchev–Trinajstić information content (AvgIpc) is 2.28. The van der Waals surface area contributed by atoms with Crippen LogP contribution in [-0.4, -0.2) is 13.2 Å². The number of hydrogen-bond donors (Lipinski definition) is 1. The van der Waals surface area contributed by atoms with E-state index in [1.807, 2.05) is 0 Å². The first-order chi connectivity index (χ1) is 4.97. The molecule has 1 aromatic rings. The topological polar surface area (TPSA) is 21.3 Å². The molecule has 62 valence electrons. The molecule has 0 unspecified atom stereocenters. The number of hydrogen-bond acceptors (Lipinski definition) is 3. The standard InChI is InChI=1S/C7H9NOS.ClH/c1-2-9-7-5-10-4-6(7)3-8-1;/h4-5,8H,1-3H2;1H. The Morgan fingerprint density at radius 1 is 1.45 bits per heavy atom. The van der Waals surface area contributed by atoms with Crippen LogP contribution >= 0.6 is 23.7 Å². The minimum absolute atomic E-state index is 0. The summed E-state index contributed by atoms with van der Waals surface area (Å²) in [5, 5.41) is 7.46. The zero-order valence-corrected chi connectivity index (χ0v) is 7.63. The van der Waals surface area contributed by atoms with Crippen LogP contribution in [0.25, 0.3) is 0 Å². The molecule has 0 saturated heterocycles. The molecule has 1 N–H and O–H groups in total. The molecule has 11 heavy (non-hydrogen) atoms. The molecule has 2 nitrogen and oxygen atoms in total. The fourth-order valence-corrected chi connectivity index (χ4v) is 1.80. The van der Waals surface area contributed by atoms with Crippen molar-refractivity contribution < 1.29 is 4.74 Å². The van der Waals surface area contributed by atoms with E-state index in [9.17, 15) is 0 Å². The molecule has 0 spiro atoms. The summed E-state index contributed by atoms with van der Waals surface area (Å²) < 4.78 is 5.44. The van der Waals surface area contributed by atoms with Gasteiger partial charge in [-0.15, -0.1) is 23.7 Å². The molecule has 0 atom stereocenters. The summed E-state index contributed by atoms with van der Waals surface area (Å²) in [6.07, 6.45) is 0. The summed E-state index contributed by atoms with van der Waals surface area (Å²) in [7, 11) is 0. The van der Waals surface area contributed by atoms with Crippen LogP contribution in [0.15, 0.2) is 10.8 Å². The van der Waals surface area contributed by atoms with Gasteiger partial charge in [-0.3, -0.25) is 0 Å². The van der Waals surface area contributed by atoms with Crippen LogP contribution < -0.4 is 10.1 Å². The number of nitrogens with one attached hydrogen (secondary N) is 1. The minimum atomic E-state index is 0. The molecular formula is C7H10ClNOS. The summed E-state index contributed by atoms with van der Waals surface area (Å²) in [6, 6.07) is 0. The van der Waals surface area contributed by atoms with Gasteiger partial charge in [-0.2, -0.15) is 0 Å². The largest absolute Gasteiger partial charge is 0.491 e. The van der Waals surface area contributed by atoms with E-state index in [-0.39, 0.29) is 12.4 Å². The van der Waals surface area contributed by atoms with E-state index >= 15 is 0 Å². The van der Waals surface area contributed by atoms with Crippen molar-refractivity contribution in [2.75, 3.05) is 13.2 Å². The van der Waals surface area contributed by atoms with Crippen molar-refractivity contribution in [3.8, 4) is 5.75 Å². The maximum Gasteiger partial charge on any atom is 0.134 e. The molecule has 0 saturated carbocycles. The van der Waals surface area contributed by atoms with Crippen LogP contribution in [0.2, 0.25) is 0 Å². The highest BCUT2D eigenvalue weighted by Gasteiger charge is 2.07. The fraction of sp³-hybridized carbons (Fsp3) is 0.429. The highest BCUT2D eigenvalue weighted by Crippen LogP contribution is 2.24. The zero-order chi connectivity index (χ0) is 6.81. The van der Waals surface area contributed by atoms with Gasteiger partial charge in [0.05, 0.1) is 0 Å². The fourth-order valence-electron chi connectivity index (χ4n) is 1.02. The first-order valence-corrected chi connectivity index (χ1v) is 4.30. The Morgan fingerprint density at radius 3 is 3.27 bits per heavy atom. The summed E-state index contributed by atoms with van der Waals surface area (Å²) in [5.41, 5.74) is 1.29. The molecule has 0 aliphatic carbocycles. The lowest BCUT2D eigenvalue weighted by atomic mass is 10.3. The molecule has 1 aromatic heterocycles. The Hall–Kier alpha value is -0.250. The van der Waals surface area contributed by atoms with E-state index in [4.69, 9.17) is 4.74 Å². The van der Waals surface area contributed by atoms with E-state index in [1.165, 1.54) is 5.56 Å². The Bertz CT molecular complexity index is 205. The molecule has 2 heterocycles. The SMILES string of the molecule is Cl.c1scc2c1CNCCO2. The van der Waals surface area contributed by atoms with Crippen molar-refractivity contribution in [2.24, 2.45) is 0 Å². The third kappa shape index (κ3) is 1.86. The van der Waals surface area contributed by atoms with Gasteiger partial charge >= 0.3 is 0 Å². The molecule has 1 aliphatic rings. The van der Waals surface area contributed by atoms with E-state index in [1.54, 1.807) is 11.3 Å². The predicted molar refractivity (Wildman–Crippen MR) is 48.8 cm³/mol. The molecule has 0 bridgehead atoms. The van der Waals surface area contributed by atoms with Crippen LogP contribution in [-0.2, 0) is 6.54 Å². The molecule has 2 rings (SSSR count). The monoisotopic (exact) mass is 191 g/mol. The van der Waals surface area contributed by atoms with E-state index in [0.717, 1.165) is 25.4 Å². The van der Waals surface area contributed by atoms with Gasteiger partial charge in [0.2, 0.25) is 0 Å². The van der Waals surface area contributed by atoms with Crippen LogP contribution in [0.5, 0.6) is 5.75 Å².